The quantitative estimate of drug-likeness (QED) is 0.872. The number of nitriles is 1. The van der Waals surface area contributed by atoms with Crippen molar-refractivity contribution in [1.82, 2.24) is 4.90 Å². The van der Waals surface area contributed by atoms with Crippen molar-refractivity contribution in [3.05, 3.63) is 24.3 Å². The molecular weight excluding hydrogens is 262 g/mol. The van der Waals surface area contributed by atoms with Crippen LogP contribution in [0.5, 0.6) is 5.75 Å². The molecule has 4 nitrogen and oxygen atoms in total. The summed E-state index contributed by atoms with van der Waals surface area (Å²) in [4.78, 5) is 2.42. The molecule has 1 unspecified atom stereocenters. The SMILES string of the molecule is CCOc1ccc(NC2CCN(C(C)CC#N)CC2)cc1. The van der Waals surface area contributed by atoms with Crippen LogP contribution in [0.4, 0.5) is 5.69 Å². The van der Waals surface area contributed by atoms with Crippen LogP contribution in [0.25, 0.3) is 0 Å². The predicted molar refractivity (Wildman–Crippen MR) is 85.5 cm³/mol. The van der Waals surface area contributed by atoms with Gasteiger partial charge < -0.3 is 10.1 Å². The maximum Gasteiger partial charge on any atom is 0.119 e. The zero-order chi connectivity index (χ0) is 15.1. The summed E-state index contributed by atoms with van der Waals surface area (Å²) in [6.07, 6.45) is 2.88. The third-order valence-corrected chi connectivity index (χ3v) is 4.08. The van der Waals surface area contributed by atoms with E-state index < -0.39 is 0 Å². The first-order chi connectivity index (χ1) is 10.2. The Labute approximate surface area is 127 Å². The van der Waals surface area contributed by atoms with Crippen molar-refractivity contribution in [3.8, 4) is 11.8 Å². The average molecular weight is 287 g/mol. The molecule has 1 atom stereocenters. The number of anilines is 1. The van der Waals surface area contributed by atoms with Gasteiger partial charge in [-0.25, -0.2) is 0 Å². The molecule has 2 rings (SSSR count). The summed E-state index contributed by atoms with van der Waals surface area (Å²) in [7, 11) is 0. The molecule has 0 spiro atoms. The first-order valence-electron chi connectivity index (χ1n) is 7.83. The summed E-state index contributed by atoms with van der Waals surface area (Å²) < 4.78 is 5.45. The molecule has 114 valence electrons. The predicted octanol–water partition coefficient (Wildman–Crippen LogP) is 3.26. The van der Waals surface area contributed by atoms with Crippen molar-refractivity contribution in [2.24, 2.45) is 0 Å². The molecule has 1 N–H and O–H groups in total. The van der Waals surface area contributed by atoms with Gasteiger partial charge in [0, 0.05) is 30.9 Å². The number of ether oxygens (including phenoxy) is 1. The molecule has 1 heterocycles. The lowest BCUT2D eigenvalue weighted by Gasteiger charge is -2.35. The molecule has 0 aliphatic carbocycles. The van der Waals surface area contributed by atoms with E-state index in [0.717, 1.165) is 37.4 Å². The summed E-state index contributed by atoms with van der Waals surface area (Å²) in [6, 6.07) is 11.3. The summed E-state index contributed by atoms with van der Waals surface area (Å²) in [6.45, 7) is 6.97. The highest BCUT2D eigenvalue weighted by Gasteiger charge is 2.22. The molecule has 1 saturated heterocycles. The van der Waals surface area contributed by atoms with Crippen molar-refractivity contribution < 1.29 is 4.74 Å². The second-order valence-electron chi connectivity index (χ2n) is 5.62. The van der Waals surface area contributed by atoms with Crippen LogP contribution >= 0.6 is 0 Å². The Morgan fingerprint density at radius 2 is 2.00 bits per heavy atom. The van der Waals surface area contributed by atoms with Crippen LogP contribution in [-0.4, -0.2) is 36.7 Å². The lowest BCUT2D eigenvalue weighted by Crippen LogP contribution is -2.43. The number of rotatable bonds is 6. The maximum atomic E-state index is 8.78. The van der Waals surface area contributed by atoms with Gasteiger partial charge in [-0.15, -0.1) is 0 Å². The minimum atomic E-state index is 0.376. The highest BCUT2D eigenvalue weighted by atomic mass is 16.5. The van der Waals surface area contributed by atoms with Gasteiger partial charge in [-0.2, -0.15) is 5.26 Å². The number of hydrogen-bond donors (Lipinski definition) is 1. The van der Waals surface area contributed by atoms with Gasteiger partial charge in [0.15, 0.2) is 0 Å². The molecule has 0 aromatic heterocycles. The van der Waals surface area contributed by atoms with Crippen LogP contribution in [0.15, 0.2) is 24.3 Å². The standard InChI is InChI=1S/C17H25N3O/c1-3-21-17-6-4-15(5-7-17)19-16-9-12-20(13-10-16)14(2)8-11-18/h4-7,14,16,19H,3,8-10,12-13H2,1-2H3. The van der Waals surface area contributed by atoms with Gasteiger partial charge in [-0.05, 0) is 51.0 Å². The Balaban J connectivity index is 1.79. The van der Waals surface area contributed by atoms with E-state index in [9.17, 15) is 0 Å². The van der Waals surface area contributed by atoms with Gasteiger partial charge in [0.1, 0.15) is 5.75 Å². The van der Waals surface area contributed by atoms with E-state index in [4.69, 9.17) is 10.00 Å². The number of likely N-dealkylation sites (tertiary alicyclic amines) is 1. The van der Waals surface area contributed by atoms with E-state index in [0.29, 0.717) is 25.1 Å². The highest BCUT2D eigenvalue weighted by Crippen LogP contribution is 2.21. The molecular formula is C17H25N3O. The Kier molecular flexibility index (Phi) is 5.89. The van der Waals surface area contributed by atoms with Gasteiger partial charge in [0.2, 0.25) is 0 Å². The molecule has 1 aromatic carbocycles. The van der Waals surface area contributed by atoms with E-state index in [1.807, 2.05) is 19.1 Å². The van der Waals surface area contributed by atoms with Crippen LogP contribution < -0.4 is 10.1 Å². The van der Waals surface area contributed by atoms with Crippen LogP contribution in [0, 0.1) is 11.3 Å². The van der Waals surface area contributed by atoms with E-state index in [1.54, 1.807) is 0 Å². The van der Waals surface area contributed by atoms with E-state index >= 15 is 0 Å². The molecule has 1 aromatic rings. The van der Waals surface area contributed by atoms with Crippen molar-refractivity contribution in [1.29, 1.82) is 5.26 Å². The Bertz CT molecular complexity index is 458. The van der Waals surface area contributed by atoms with Crippen molar-refractivity contribution in [2.75, 3.05) is 25.0 Å². The lowest BCUT2D eigenvalue weighted by molar-refractivity contribution is 0.169. The lowest BCUT2D eigenvalue weighted by atomic mass is 10.0. The number of hydrogen-bond acceptors (Lipinski definition) is 4. The van der Waals surface area contributed by atoms with Gasteiger partial charge in [0.05, 0.1) is 19.1 Å². The number of benzene rings is 1. The first kappa shape index (κ1) is 15.7. The maximum absolute atomic E-state index is 8.78. The third kappa shape index (κ3) is 4.64. The normalized spacial score (nSPS) is 18.0. The van der Waals surface area contributed by atoms with E-state index in [2.05, 4.69) is 35.3 Å². The molecule has 1 fully saturated rings. The molecule has 0 amide bonds. The second kappa shape index (κ2) is 7.90. The average Bonchev–Trinajstić information content (AvgIpc) is 2.50. The van der Waals surface area contributed by atoms with Crippen LogP contribution in [0.1, 0.15) is 33.1 Å². The molecule has 21 heavy (non-hydrogen) atoms. The third-order valence-electron chi connectivity index (χ3n) is 4.08. The fourth-order valence-corrected chi connectivity index (χ4v) is 2.80. The zero-order valence-electron chi connectivity index (χ0n) is 13.0. The minimum Gasteiger partial charge on any atom is -0.494 e. The van der Waals surface area contributed by atoms with Gasteiger partial charge in [-0.3, -0.25) is 4.90 Å². The fourth-order valence-electron chi connectivity index (χ4n) is 2.80. The molecule has 0 radical (unpaired) electrons. The Morgan fingerprint density at radius 3 is 2.57 bits per heavy atom. The topological polar surface area (TPSA) is 48.3 Å². The van der Waals surface area contributed by atoms with Crippen LogP contribution in [0.3, 0.4) is 0 Å². The molecule has 1 aliphatic rings. The first-order valence-corrected chi connectivity index (χ1v) is 7.83. The molecule has 0 bridgehead atoms. The summed E-state index contributed by atoms with van der Waals surface area (Å²) in [5.41, 5.74) is 1.15. The van der Waals surface area contributed by atoms with E-state index in [1.165, 1.54) is 0 Å². The Morgan fingerprint density at radius 1 is 1.33 bits per heavy atom. The van der Waals surface area contributed by atoms with Crippen molar-refractivity contribution in [2.45, 2.75) is 45.2 Å². The second-order valence-corrected chi connectivity index (χ2v) is 5.62. The molecule has 0 saturated carbocycles. The van der Waals surface area contributed by atoms with Crippen LogP contribution in [-0.2, 0) is 0 Å². The molecule has 4 heteroatoms. The largest absolute Gasteiger partial charge is 0.494 e. The minimum absolute atomic E-state index is 0.376. The van der Waals surface area contributed by atoms with Gasteiger partial charge in [-0.1, -0.05) is 0 Å². The Hall–Kier alpha value is -1.73. The van der Waals surface area contributed by atoms with E-state index in [-0.39, 0.29) is 0 Å². The number of nitrogens with one attached hydrogen (secondary N) is 1. The van der Waals surface area contributed by atoms with Crippen LogP contribution in [0.2, 0.25) is 0 Å². The smallest absolute Gasteiger partial charge is 0.119 e. The van der Waals surface area contributed by atoms with Crippen molar-refractivity contribution in [3.63, 3.8) is 0 Å². The molecule has 1 aliphatic heterocycles. The monoisotopic (exact) mass is 287 g/mol. The van der Waals surface area contributed by atoms with Gasteiger partial charge in [0.25, 0.3) is 0 Å². The summed E-state index contributed by atoms with van der Waals surface area (Å²) in [5.74, 6) is 0.920. The summed E-state index contributed by atoms with van der Waals surface area (Å²) >= 11 is 0. The summed E-state index contributed by atoms with van der Waals surface area (Å²) in [5, 5.41) is 12.4. The van der Waals surface area contributed by atoms with Gasteiger partial charge >= 0.3 is 0 Å². The number of nitrogens with zero attached hydrogens (tertiary/aromatic N) is 2. The highest BCUT2D eigenvalue weighted by molar-refractivity contribution is 5.47. The number of piperidine rings is 1. The zero-order valence-corrected chi connectivity index (χ0v) is 13.0. The fraction of sp³-hybridized carbons (Fsp3) is 0.588. The van der Waals surface area contributed by atoms with Crippen molar-refractivity contribution >= 4 is 5.69 Å².